The van der Waals surface area contributed by atoms with E-state index in [1.807, 2.05) is 11.8 Å². The fraction of sp³-hybridized carbons (Fsp3) is 0.538. The normalized spacial score (nSPS) is 20.4. The highest BCUT2D eigenvalue weighted by Gasteiger charge is 2.20. The van der Waals surface area contributed by atoms with Gasteiger partial charge in [0, 0.05) is 10.3 Å². The van der Waals surface area contributed by atoms with Gasteiger partial charge in [0.05, 0.1) is 5.25 Å². The van der Waals surface area contributed by atoms with E-state index in [-0.39, 0.29) is 0 Å². The van der Waals surface area contributed by atoms with Gasteiger partial charge in [-0.1, -0.05) is 24.9 Å². The Bertz CT molecular complexity index is 561. The number of aryl methyl sites for hydroxylation is 1. The lowest BCUT2D eigenvalue weighted by Crippen LogP contribution is -2.06. The van der Waals surface area contributed by atoms with Crippen LogP contribution in [-0.2, 0) is 6.42 Å². The first kappa shape index (κ1) is 12.7. The SMILES string of the molecule is CCc1cc2c(Cl)nc(C3CCCCS3)nc2s1. The molecule has 0 bridgehead atoms. The number of rotatable bonds is 2. The number of aromatic nitrogens is 2. The van der Waals surface area contributed by atoms with Crippen LogP contribution in [0.15, 0.2) is 6.07 Å². The summed E-state index contributed by atoms with van der Waals surface area (Å²) < 4.78 is 0. The van der Waals surface area contributed by atoms with Gasteiger partial charge in [-0.05, 0) is 31.1 Å². The standard InChI is InChI=1S/C13H15ClN2S2/c1-2-8-7-9-11(14)15-12(16-13(9)18-8)10-5-3-4-6-17-10/h7,10H,2-6H2,1H3. The first-order chi connectivity index (χ1) is 8.78. The van der Waals surface area contributed by atoms with Crippen LogP contribution in [0.2, 0.25) is 5.15 Å². The van der Waals surface area contributed by atoms with Crippen LogP contribution in [0.4, 0.5) is 0 Å². The maximum Gasteiger partial charge on any atom is 0.144 e. The summed E-state index contributed by atoms with van der Waals surface area (Å²) in [7, 11) is 0. The van der Waals surface area contributed by atoms with Gasteiger partial charge in [-0.3, -0.25) is 0 Å². The molecule has 1 aliphatic heterocycles. The lowest BCUT2D eigenvalue weighted by Gasteiger charge is -2.19. The first-order valence-electron chi connectivity index (χ1n) is 6.35. The number of halogens is 1. The van der Waals surface area contributed by atoms with E-state index in [0.717, 1.165) is 22.5 Å². The Kier molecular flexibility index (Phi) is 3.78. The van der Waals surface area contributed by atoms with Crippen LogP contribution in [0.25, 0.3) is 10.2 Å². The van der Waals surface area contributed by atoms with Gasteiger partial charge in [0.1, 0.15) is 15.8 Å². The van der Waals surface area contributed by atoms with E-state index in [2.05, 4.69) is 18.0 Å². The summed E-state index contributed by atoms with van der Waals surface area (Å²) >= 11 is 10.0. The van der Waals surface area contributed by atoms with E-state index in [1.54, 1.807) is 11.3 Å². The molecule has 0 aromatic carbocycles. The van der Waals surface area contributed by atoms with Crippen molar-refractivity contribution >= 4 is 44.9 Å². The van der Waals surface area contributed by atoms with Crippen molar-refractivity contribution in [3.63, 3.8) is 0 Å². The summed E-state index contributed by atoms with van der Waals surface area (Å²) in [5.41, 5.74) is 0. The van der Waals surface area contributed by atoms with E-state index < -0.39 is 0 Å². The third-order valence-corrected chi connectivity index (χ3v) is 6.07. The molecule has 5 heteroatoms. The molecule has 0 saturated carbocycles. The number of fused-ring (bicyclic) bond motifs is 1. The smallest absolute Gasteiger partial charge is 0.144 e. The van der Waals surface area contributed by atoms with Crippen LogP contribution in [-0.4, -0.2) is 15.7 Å². The molecule has 0 aliphatic carbocycles. The molecule has 0 radical (unpaired) electrons. The highest BCUT2D eigenvalue weighted by molar-refractivity contribution is 7.99. The van der Waals surface area contributed by atoms with Crippen LogP contribution in [0.1, 0.15) is 42.1 Å². The summed E-state index contributed by atoms with van der Waals surface area (Å²) in [6.07, 6.45) is 4.81. The Morgan fingerprint density at radius 2 is 2.28 bits per heavy atom. The zero-order chi connectivity index (χ0) is 12.5. The second-order valence-electron chi connectivity index (χ2n) is 4.51. The highest BCUT2D eigenvalue weighted by atomic mass is 35.5. The maximum absolute atomic E-state index is 6.30. The van der Waals surface area contributed by atoms with E-state index in [9.17, 15) is 0 Å². The molecule has 1 saturated heterocycles. The molecule has 3 rings (SSSR count). The third-order valence-electron chi connectivity index (χ3n) is 3.23. The van der Waals surface area contributed by atoms with Crippen molar-refractivity contribution in [2.75, 3.05) is 5.75 Å². The lowest BCUT2D eigenvalue weighted by molar-refractivity contribution is 0.664. The third kappa shape index (κ3) is 2.38. The Balaban J connectivity index is 2.02. The average Bonchev–Trinajstić information content (AvgIpc) is 2.83. The summed E-state index contributed by atoms with van der Waals surface area (Å²) in [5, 5.41) is 2.08. The Morgan fingerprint density at radius 3 is 3.00 bits per heavy atom. The Morgan fingerprint density at radius 1 is 1.39 bits per heavy atom. The van der Waals surface area contributed by atoms with E-state index in [1.165, 1.54) is 29.9 Å². The van der Waals surface area contributed by atoms with Gasteiger partial charge in [0.25, 0.3) is 0 Å². The zero-order valence-corrected chi connectivity index (χ0v) is 12.7. The van der Waals surface area contributed by atoms with E-state index >= 15 is 0 Å². The summed E-state index contributed by atoms with van der Waals surface area (Å²) in [4.78, 5) is 11.6. The zero-order valence-electron chi connectivity index (χ0n) is 10.3. The van der Waals surface area contributed by atoms with Gasteiger partial charge in [-0.25, -0.2) is 9.97 Å². The largest absolute Gasteiger partial charge is 0.221 e. The molecule has 1 fully saturated rings. The second kappa shape index (κ2) is 5.35. The van der Waals surface area contributed by atoms with Gasteiger partial charge >= 0.3 is 0 Å². The van der Waals surface area contributed by atoms with Crippen molar-refractivity contribution in [2.24, 2.45) is 0 Å². The molecular formula is C13H15ClN2S2. The predicted octanol–water partition coefficient (Wildman–Crippen LogP) is 4.87. The molecular weight excluding hydrogens is 284 g/mol. The number of nitrogens with zero attached hydrogens (tertiary/aromatic N) is 2. The first-order valence-corrected chi connectivity index (χ1v) is 8.59. The molecule has 1 unspecified atom stereocenters. The van der Waals surface area contributed by atoms with Crippen molar-refractivity contribution in [1.82, 2.24) is 9.97 Å². The molecule has 2 nitrogen and oxygen atoms in total. The molecule has 0 amide bonds. The predicted molar refractivity (Wildman–Crippen MR) is 80.9 cm³/mol. The van der Waals surface area contributed by atoms with Crippen molar-refractivity contribution in [2.45, 2.75) is 37.9 Å². The van der Waals surface area contributed by atoms with Crippen molar-refractivity contribution in [1.29, 1.82) is 0 Å². The molecule has 1 aliphatic rings. The minimum absolute atomic E-state index is 0.438. The topological polar surface area (TPSA) is 25.8 Å². The monoisotopic (exact) mass is 298 g/mol. The highest BCUT2D eigenvalue weighted by Crippen LogP contribution is 2.39. The lowest BCUT2D eigenvalue weighted by atomic mass is 10.2. The Hall–Kier alpha value is -0.320. The Labute approximate surface area is 120 Å². The van der Waals surface area contributed by atoms with Gasteiger partial charge in [0.15, 0.2) is 0 Å². The van der Waals surface area contributed by atoms with Gasteiger partial charge in [-0.2, -0.15) is 11.8 Å². The van der Waals surface area contributed by atoms with Gasteiger partial charge in [0.2, 0.25) is 0 Å². The van der Waals surface area contributed by atoms with Gasteiger partial charge in [-0.15, -0.1) is 11.3 Å². The van der Waals surface area contributed by atoms with Crippen LogP contribution in [0.5, 0.6) is 0 Å². The molecule has 96 valence electrons. The molecule has 18 heavy (non-hydrogen) atoms. The molecule has 2 aromatic heterocycles. The van der Waals surface area contributed by atoms with Crippen molar-refractivity contribution in [3.8, 4) is 0 Å². The maximum atomic E-state index is 6.30. The fourth-order valence-corrected chi connectivity index (χ4v) is 4.72. The quantitative estimate of drug-likeness (QED) is 0.740. The number of thioether (sulfide) groups is 1. The number of hydrogen-bond acceptors (Lipinski definition) is 4. The number of hydrogen-bond donors (Lipinski definition) is 0. The van der Waals surface area contributed by atoms with Gasteiger partial charge < -0.3 is 0 Å². The molecule has 3 heterocycles. The van der Waals surface area contributed by atoms with Crippen LogP contribution in [0.3, 0.4) is 0 Å². The second-order valence-corrected chi connectivity index (χ2v) is 7.30. The van der Waals surface area contributed by atoms with Crippen LogP contribution in [0, 0.1) is 0 Å². The van der Waals surface area contributed by atoms with Crippen molar-refractivity contribution in [3.05, 3.63) is 21.9 Å². The molecule has 2 aromatic rings. The minimum Gasteiger partial charge on any atom is -0.221 e. The fourth-order valence-electron chi connectivity index (χ4n) is 2.21. The van der Waals surface area contributed by atoms with Crippen molar-refractivity contribution < 1.29 is 0 Å². The number of thiophene rings is 1. The van der Waals surface area contributed by atoms with Crippen LogP contribution < -0.4 is 0 Å². The van der Waals surface area contributed by atoms with E-state index in [0.29, 0.717) is 10.4 Å². The molecule has 0 spiro atoms. The molecule has 1 atom stereocenters. The minimum atomic E-state index is 0.438. The molecule has 0 N–H and O–H groups in total. The summed E-state index contributed by atoms with van der Waals surface area (Å²) in [5.74, 6) is 2.15. The summed E-state index contributed by atoms with van der Waals surface area (Å²) in [6.45, 7) is 2.16. The summed E-state index contributed by atoms with van der Waals surface area (Å²) in [6, 6.07) is 2.13. The van der Waals surface area contributed by atoms with E-state index in [4.69, 9.17) is 16.6 Å². The van der Waals surface area contributed by atoms with Crippen LogP contribution >= 0.6 is 34.7 Å². The average molecular weight is 299 g/mol.